The van der Waals surface area contributed by atoms with Gasteiger partial charge in [0, 0.05) is 11.0 Å². The number of nitrogens with zero attached hydrogens (tertiary/aromatic N) is 1. The highest BCUT2D eigenvalue weighted by molar-refractivity contribution is 7.11. The number of imidazole rings is 1. The average molecular weight is 283 g/mol. The molecule has 0 unspecified atom stereocenters. The molecule has 0 atom stereocenters. The third-order valence-corrected chi connectivity index (χ3v) is 3.90. The Hall–Kier alpha value is -2.40. The molecule has 0 bridgehead atoms. The van der Waals surface area contributed by atoms with Crippen LogP contribution in [0.4, 0.5) is 5.95 Å². The Bertz CT molecular complexity index is 752. The number of aromatic amines is 1. The second-order valence-electron chi connectivity index (χ2n) is 4.39. The van der Waals surface area contributed by atoms with E-state index in [-0.39, 0.29) is 5.91 Å². The van der Waals surface area contributed by atoms with E-state index in [1.165, 1.54) is 11.6 Å². The third kappa shape index (κ3) is 2.62. The van der Waals surface area contributed by atoms with Crippen LogP contribution >= 0.6 is 11.3 Å². The number of thiophene rings is 1. The fourth-order valence-electron chi connectivity index (χ4n) is 1.88. The molecule has 2 aromatic heterocycles. The predicted molar refractivity (Wildman–Crippen MR) is 82.8 cm³/mol. The molecule has 0 saturated heterocycles. The van der Waals surface area contributed by atoms with Crippen LogP contribution in [0.25, 0.3) is 17.1 Å². The zero-order valence-corrected chi connectivity index (χ0v) is 11.7. The SMILES string of the molecule is Cc1ccsc1/C=C/C(=O)Nc1nc2ccccc2[nH]1. The number of carbonyl (C=O) groups excluding carboxylic acids is 1. The van der Waals surface area contributed by atoms with E-state index in [4.69, 9.17) is 0 Å². The molecule has 2 N–H and O–H groups in total. The number of benzene rings is 1. The molecule has 3 rings (SSSR count). The van der Waals surface area contributed by atoms with E-state index < -0.39 is 0 Å². The van der Waals surface area contributed by atoms with Gasteiger partial charge in [0.2, 0.25) is 5.95 Å². The van der Waals surface area contributed by atoms with Gasteiger partial charge < -0.3 is 4.98 Å². The number of hydrogen-bond donors (Lipinski definition) is 2. The summed E-state index contributed by atoms with van der Waals surface area (Å²) < 4.78 is 0. The summed E-state index contributed by atoms with van der Waals surface area (Å²) in [5.74, 6) is 0.264. The number of aryl methyl sites for hydroxylation is 1. The van der Waals surface area contributed by atoms with Crippen LogP contribution in [0.1, 0.15) is 10.4 Å². The number of rotatable bonds is 3. The third-order valence-electron chi connectivity index (χ3n) is 2.92. The second-order valence-corrected chi connectivity index (χ2v) is 5.34. The summed E-state index contributed by atoms with van der Waals surface area (Å²) in [6, 6.07) is 9.68. The van der Waals surface area contributed by atoms with Gasteiger partial charge in [-0.1, -0.05) is 12.1 Å². The van der Waals surface area contributed by atoms with Gasteiger partial charge in [-0.3, -0.25) is 10.1 Å². The molecule has 0 aliphatic heterocycles. The highest BCUT2D eigenvalue weighted by atomic mass is 32.1. The lowest BCUT2D eigenvalue weighted by Gasteiger charge is -1.95. The molecule has 0 fully saturated rings. The molecular formula is C15H13N3OS. The number of H-pyrrole nitrogens is 1. The topological polar surface area (TPSA) is 57.8 Å². The van der Waals surface area contributed by atoms with Crippen molar-refractivity contribution in [2.45, 2.75) is 6.92 Å². The van der Waals surface area contributed by atoms with Crippen molar-refractivity contribution in [1.29, 1.82) is 0 Å². The molecule has 0 aliphatic carbocycles. The standard InChI is InChI=1S/C15H13N3OS/c1-10-8-9-20-13(10)6-7-14(19)18-15-16-11-4-2-3-5-12(11)17-15/h2-9H,1H3,(H2,16,17,18,19)/b7-6+. The zero-order valence-electron chi connectivity index (χ0n) is 10.9. The van der Waals surface area contributed by atoms with E-state index >= 15 is 0 Å². The van der Waals surface area contributed by atoms with Gasteiger partial charge >= 0.3 is 0 Å². The van der Waals surface area contributed by atoms with E-state index in [0.29, 0.717) is 5.95 Å². The molecular weight excluding hydrogens is 270 g/mol. The Labute approximate surface area is 120 Å². The Balaban J connectivity index is 1.72. The Morgan fingerprint density at radius 1 is 1.35 bits per heavy atom. The first-order valence-corrected chi connectivity index (χ1v) is 7.08. The van der Waals surface area contributed by atoms with E-state index in [2.05, 4.69) is 15.3 Å². The maximum Gasteiger partial charge on any atom is 0.250 e. The normalized spacial score (nSPS) is 11.2. The van der Waals surface area contributed by atoms with Crippen LogP contribution in [-0.2, 0) is 4.79 Å². The van der Waals surface area contributed by atoms with Crippen molar-refractivity contribution in [3.63, 3.8) is 0 Å². The summed E-state index contributed by atoms with van der Waals surface area (Å²) in [4.78, 5) is 20.3. The van der Waals surface area contributed by atoms with Crippen LogP contribution in [0.5, 0.6) is 0 Å². The van der Waals surface area contributed by atoms with Gasteiger partial charge in [0.15, 0.2) is 0 Å². The van der Waals surface area contributed by atoms with Crippen molar-refractivity contribution in [2.24, 2.45) is 0 Å². The Kier molecular flexibility index (Phi) is 3.35. The number of amides is 1. The van der Waals surface area contributed by atoms with Gasteiger partial charge in [0.05, 0.1) is 11.0 Å². The van der Waals surface area contributed by atoms with E-state index in [1.807, 2.05) is 48.7 Å². The number of nitrogens with one attached hydrogen (secondary N) is 2. The Morgan fingerprint density at radius 2 is 2.20 bits per heavy atom. The molecule has 3 aromatic rings. The summed E-state index contributed by atoms with van der Waals surface area (Å²) in [5.41, 5.74) is 2.91. The second kappa shape index (κ2) is 5.30. The fourth-order valence-corrected chi connectivity index (χ4v) is 2.70. The summed E-state index contributed by atoms with van der Waals surface area (Å²) in [6.07, 6.45) is 3.34. The maximum absolute atomic E-state index is 11.8. The summed E-state index contributed by atoms with van der Waals surface area (Å²) >= 11 is 1.61. The highest BCUT2D eigenvalue weighted by Crippen LogP contribution is 2.17. The van der Waals surface area contributed by atoms with Crippen LogP contribution in [0.2, 0.25) is 0 Å². The van der Waals surface area contributed by atoms with Gasteiger partial charge in [0.1, 0.15) is 0 Å². The molecule has 0 aliphatic rings. The predicted octanol–water partition coefficient (Wildman–Crippen LogP) is 3.58. The van der Waals surface area contributed by atoms with Crippen LogP contribution < -0.4 is 5.32 Å². The van der Waals surface area contributed by atoms with Gasteiger partial charge in [-0.05, 0) is 42.1 Å². The van der Waals surface area contributed by atoms with E-state index in [1.54, 1.807) is 11.3 Å². The van der Waals surface area contributed by atoms with Crippen LogP contribution in [-0.4, -0.2) is 15.9 Å². The highest BCUT2D eigenvalue weighted by Gasteiger charge is 2.04. The maximum atomic E-state index is 11.8. The summed E-state index contributed by atoms with van der Waals surface area (Å²) in [5, 5.41) is 4.73. The van der Waals surface area contributed by atoms with Gasteiger partial charge in [-0.25, -0.2) is 4.98 Å². The number of fused-ring (bicyclic) bond motifs is 1. The van der Waals surface area contributed by atoms with Gasteiger partial charge in [0.25, 0.3) is 5.91 Å². The molecule has 2 heterocycles. The molecule has 0 radical (unpaired) electrons. The molecule has 1 amide bonds. The average Bonchev–Trinajstić information content (AvgIpc) is 3.01. The van der Waals surface area contributed by atoms with Crippen molar-refractivity contribution < 1.29 is 4.79 Å². The summed E-state index contributed by atoms with van der Waals surface area (Å²) in [7, 11) is 0. The molecule has 20 heavy (non-hydrogen) atoms. The van der Waals surface area contributed by atoms with Crippen molar-refractivity contribution in [3.8, 4) is 0 Å². The minimum Gasteiger partial charge on any atom is -0.324 e. The smallest absolute Gasteiger partial charge is 0.250 e. The molecule has 100 valence electrons. The Morgan fingerprint density at radius 3 is 2.95 bits per heavy atom. The summed E-state index contributed by atoms with van der Waals surface area (Å²) in [6.45, 7) is 2.02. The quantitative estimate of drug-likeness (QED) is 0.722. The van der Waals surface area contributed by atoms with Crippen LogP contribution in [0, 0.1) is 6.92 Å². The van der Waals surface area contributed by atoms with E-state index in [9.17, 15) is 4.79 Å². The number of carbonyl (C=O) groups is 1. The lowest BCUT2D eigenvalue weighted by molar-refractivity contribution is -0.111. The number of para-hydroxylation sites is 2. The molecule has 0 saturated carbocycles. The molecule has 4 nitrogen and oxygen atoms in total. The monoisotopic (exact) mass is 283 g/mol. The minimum absolute atomic E-state index is 0.197. The molecule has 1 aromatic carbocycles. The van der Waals surface area contributed by atoms with Gasteiger partial charge in [-0.2, -0.15) is 0 Å². The van der Waals surface area contributed by atoms with Crippen LogP contribution in [0.3, 0.4) is 0 Å². The van der Waals surface area contributed by atoms with Crippen molar-refractivity contribution >= 4 is 40.3 Å². The minimum atomic E-state index is -0.197. The van der Waals surface area contributed by atoms with Gasteiger partial charge in [-0.15, -0.1) is 11.3 Å². The van der Waals surface area contributed by atoms with Crippen LogP contribution in [0.15, 0.2) is 41.8 Å². The molecule has 0 spiro atoms. The lowest BCUT2D eigenvalue weighted by Crippen LogP contribution is -2.08. The first-order valence-electron chi connectivity index (χ1n) is 6.20. The number of aromatic nitrogens is 2. The first-order chi connectivity index (χ1) is 9.72. The van der Waals surface area contributed by atoms with Crippen molar-refractivity contribution in [1.82, 2.24) is 9.97 Å². The van der Waals surface area contributed by atoms with Crippen molar-refractivity contribution in [3.05, 3.63) is 52.2 Å². The largest absolute Gasteiger partial charge is 0.324 e. The number of anilines is 1. The van der Waals surface area contributed by atoms with E-state index in [0.717, 1.165) is 15.9 Å². The fraction of sp³-hybridized carbons (Fsp3) is 0.0667. The number of hydrogen-bond acceptors (Lipinski definition) is 3. The van der Waals surface area contributed by atoms with Crippen molar-refractivity contribution in [2.75, 3.05) is 5.32 Å². The zero-order chi connectivity index (χ0) is 13.9. The lowest BCUT2D eigenvalue weighted by atomic mass is 10.3. The molecule has 5 heteroatoms. The first kappa shape index (κ1) is 12.6.